The van der Waals surface area contributed by atoms with Crippen LogP contribution in [0.5, 0.6) is 0 Å². The Morgan fingerprint density at radius 1 is 1.12 bits per heavy atom. The highest BCUT2D eigenvalue weighted by Gasteiger charge is 2.45. The number of nitrogens with zero attached hydrogens (tertiary/aromatic N) is 1. The lowest BCUT2D eigenvalue weighted by Gasteiger charge is -2.28. The maximum atomic E-state index is 12.9. The molecule has 2 aliphatic heterocycles. The highest BCUT2D eigenvalue weighted by molar-refractivity contribution is 6.24. The Balaban J connectivity index is 2.01. The van der Waals surface area contributed by atoms with Crippen LogP contribution in [0.2, 0.25) is 0 Å². The highest BCUT2D eigenvalue weighted by atomic mass is 16.2. The molecule has 1 aromatic carbocycles. The number of fused-ring (bicyclic) bond motifs is 1. The fraction of sp³-hybridized carbons (Fsp3) is 0.444. The van der Waals surface area contributed by atoms with Crippen molar-refractivity contribution < 1.29 is 19.2 Å². The summed E-state index contributed by atoms with van der Waals surface area (Å²) in [4.78, 5) is 50.1. The van der Waals surface area contributed by atoms with Crippen molar-refractivity contribution in [3.63, 3.8) is 0 Å². The zero-order valence-electron chi connectivity index (χ0n) is 13.8. The average Bonchev–Trinajstić information content (AvgIpc) is 2.81. The summed E-state index contributed by atoms with van der Waals surface area (Å²) >= 11 is 0. The van der Waals surface area contributed by atoms with Gasteiger partial charge in [0.05, 0.1) is 11.1 Å². The molecule has 0 aliphatic carbocycles. The lowest BCUT2D eigenvalue weighted by atomic mass is 9.88. The molecule has 0 saturated carbocycles. The number of nitrogens with one attached hydrogen (secondary N) is 1. The molecule has 3 rings (SSSR count). The van der Waals surface area contributed by atoms with Crippen molar-refractivity contribution in [3.05, 3.63) is 34.9 Å². The molecule has 6 heteroatoms. The summed E-state index contributed by atoms with van der Waals surface area (Å²) in [6.07, 6.45) is 2.04. The van der Waals surface area contributed by atoms with E-state index in [1.54, 1.807) is 12.1 Å². The smallest absolute Gasteiger partial charge is 0.262 e. The minimum atomic E-state index is -0.912. The summed E-state index contributed by atoms with van der Waals surface area (Å²) in [6, 6.07) is 4.39. The van der Waals surface area contributed by atoms with Gasteiger partial charge in [-0.15, -0.1) is 0 Å². The first-order valence-electron chi connectivity index (χ1n) is 8.34. The first kappa shape index (κ1) is 16.4. The van der Waals surface area contributed by atoms with Crippen LogP contribution >= 0.6 is 0 Å². The van der Waals surface area contributed by atoms with E-state index in [4.69, 9.17) is 0 Å². The van der Waals surface area contributed by atoms with E-state index in [1.165, 1.54) is 0 Å². The zero-order valence-corrected chi connectivity index (χ0v) is 13.8. The van der Waals surface area contributed by atoms with E-state index in [9.17, 15) is 19.2 Å². The molecule has 4 amide bonds. The fourth-order valence-corrected chi connectivity index (χ4v) is 3.61. The summed E-state index contributed by atoms with van der Waals surface area (Å²) < 4.78 is 0. The molecular weight excluding hydrogens is 308 g/mol. The van der Waals surface area contributed by atoms with E-state index in [-0.39, 0.29) is 24.7 Å². The molecule has 0 aromatic heterocycles. The number of hydrogen-bond donors (Lipinski definition) is 1. The Morgan fingerprint density at radius 3 is 2.46 bits per heavy atom. The van der Waals surface area contributed by atoms with Crippen LogP contribution in [0.4, 0.5) is 0 Å². The molecule has 1 saturated heterocycles. The molecule has 2 aliphatic rings. The van der Waals surface area contributed by atoms with Gasteiger partial charge in [0, 0.05) is 6.42 Å². The van der Waals surface area contributed by atoms with Crippen LogP contribution < -0.4 is 5.32 Å². The van der Waals surface area contributed by atoms with E-state index in [2.05, 4.69) is 5.32 Å². The van der Waals surface area contributed by atoms with Gasteiger partial charge < -0.3 is 0 Å². The number of rotatable bonds is 4. The fourth-order valence-electron chi connectivity index (χ4n) is 3.61. The monoisotopic (exact) mass is 328 g/mol. The SMILES string of the molecule is CCC(CC)c1cccc2c1C(=O)N(C1CCC(=O)NC1=O)C2=O. The maximum absolute atomic E-state index is 12.9. The molecule has 1 aromatic rings. The third-order valence-corrected chi connectivity index (χ3v) is 4.93. The van der Waals surface area contributed by atoms with Gasteiger partial charge in [-0.1, -0.05) is 26.0 Å². The van der Waals surface area contributed by atoms with Gasteiger partial charge in [-0.2, -0.15) is 0 Å². The molecule has 1 atom stereocenters. The van der Waals surface area contributed by atoms with E-state index in [0.717, 1.165) is 23.3 Å². The van der Waals surface area contributed by atoms with Gasteiger partial charge in [-0.3, -0.25) is 29.4 Å². The molecule has 1 fully saturated rings. The largest absolute Gasteiger partial charge is 0.295 e. The summed E-state index contributed by atoms with van der Waals surface area (Å²) in [5.74, 6) is -1.63. The third kappa shape index (κ3) is 2.42. The van der Waals surface area contributed by atoms with Gasteiger partial charge in [0.1, 0.15) is 6.04 Å². The van der Waals surface area contributed by atoms with E-state index < -0.39 is 23.8 Å². The van der Waals surface area contributed by atoms with Crippen LogP contribution in [0.25, 0.3) is 0 Å². The van der Waals surface area contributed by atoms with Crippen molar-refractivity contribution in [1.82, 2.24) is 10.2 Å². The molecule has 0 radical (unpaired) electrons. The van der Waals surface area contributed by atoms with E-state index >= 15 is 0 Å². The molecule has 6 nitrogen and oxygen atoms in total. The van der Waals surface area contributed by atoms with Gasteiger partial charge in [0.2, 0.25) is 11.8 Å². The molecular formula is C18H20N2O4. The lowest BCUT2D eigenvalue weighted by Crippen LogP contribution is -2.54. The van der Waals surface area contributed by atoms with Crippen molar-refractivity contribution in [3.8, 4) is 0 Å². The van der Waals surface area contributed by atoms with Gasteiger partial charge in [-0.25, -0.2) is 0 Å². The highest BCUT2D eigenvalue weighted by Crippen LogP contribution is 2.35. The van der Waals surface area contributed by atoms with Gasteiger partial charge in [0.15, 0.2) is 0 Å². The molecule has 0 bridgehead atoms. The average molecular weight is 328 g/mol. The summed E-state index contributed by atoms with van der Waals surface area (Å²) in [7, 11) is 0. The Bertz CT molecular complexity index is 737. The normalized spacial score (nSPS) is 20.6. The van der Waals surface area contributed by atoms with Crippen molar-refractivity contribution in [2.45, 2.75) is 51.5 Å². The Kier molecular flexibility index (Phi) is 4.22. The number of carbonyl (C=O) groups is 4. The minimum Gasteiger partial charge on any atom is -0.295 e. The van der Waals surface area contributed by atoms with Gasteiger partial charge in [-0.05, 0) is 36.8 Å². The molecule has 0 spiro atoms. The first-order valence-corrected chi connectivity index (χ1v) is 8.34. The van der Waals surface area contributed by atoms with E-state index in [0.29, 0.717) is 11.1 Å². The second-order valence-corrected chi connectivity index (χ2v) is 6.23. The van der Waals surface area contributed by atoms with Crippen LogP contribution in [-0.2, 0) is 9.59 Å². The van der Waals surface area contributed by atoms with Crippen molar-refractivity contribution in [2.24, 2.45) is 0 Å². The lowest BCUT2D eigenvalue weighted by molar-refractivity contribution is -0.136. The van der Waals surface area contributed by atoms with Crippen LogP contribution in [0.15, 0.2) is 18.2 Å². The zero-order chi connectivity index (χ0) is 17.4. The van der Waals surface area contributed by atoms with Crippen LogP contribution in [-0.4, -0.2) is 34.6 Å². The third-order valence-electron chi connectivity index (χ3n) is 4.93. The summed E-state index contributed by atoms with van der Waals surface area (Å²) in [5.41, 5.74) is 1.64. The number of carbonyl (C=O) groups excluding carboxylic acids is 4. The predicted molar refractivity (Wildman–Crippen MR) is 86.4 cm³/mol. The second kappa shape index (κ2) is 6.19. The number of benzene rings is 1. The first-order chi connectivity index (χ1) is 11.5. The Labute approximate surface area is 140 Å². The summed E-state index contributed by atoms with van der Waals surface area (Å²) in [5, 5.41) is 2.21. The second-order valence-electron chi connectivity index (χ2n) is 6.23. The van der Waals surface area contributed by atoms with Crippen molar-refractivity contribution in [1.29, 1.82) is 0 Å². The Hall–Kier alpha value is -2.50. The quantitative estimate of drug-likeness (QED) is 0.857. The molecule has 24 heavy (non-hydrogen) atoms. The van der Waals surface area contributed by atoms with Crippen LogP contribution in [0.3, 0.4) is 0 Å². The molecule has 1 N–H and O–H groups in total. The number of hydrogen-bond acceptors (Lipinski definition) is 4. The number of piperidine rings is 1. The topological polar surface area (TPSA) is 83.6 Å². The van der Waals surface area contributed by atoms with Crippen LogP contribution in [0.1, 0.15) is 71.7 Å². The number of amides is 4. The van der Waals surface area contributed by atoms with Gasteiger partial charge in [0.25, 0.3) is 11.8 Å². The van der Waals surface area contributed by atoms with E-state index in [1.807, 2.05) is 19.9 Å². The molecule has 1 unspecified atom stereocenters. The maximum Gasteiger partial charge on any atom is 0.262 e. The van der Waals surface area contributed by atoms with Gasteiger partial charge >= 0.3 is 0 Å². The minimum absolute atomic E-state index is 0.128. The summed E-state index contributed by atoms with van der Waals surface area (Å²) in [6.45, 7) is 4.10. The molecule has 126 valence electrons. The number of imide groups is 2. The standard InChI is InChI=1S/C18H20N2O4/c1-3-10(4-2)11-6-5-7-12-15(11)18(24)20(17(12)23)13-8-9-14(21)19-16(13)22/h5-7,10,13H,3-4,8-9H2,1-2H3,(H,19,21,22). The van der Waals surface area contributed by atoms with Crippen LogP contribution in [0, 0.1) is 0 Å². The predicted octanol–water partition coefficient (Wildman–Crippen LogP) is 1.99. The molecule has 2 heterocycles. The van der Waals surface area contributed by atoms with Crippen molar-refractivity contribution >= 4 is 23.6 Å². The Morgan fingerprint density at radius 2 is 1.83 bits per heavy atom. The van der Waals surface area contributed by atoms with Crippen molar-refractivity contribution in [2.75, 3.05) is 0 Å².